The van der Waals surface area contributed by atoms with Crippen molar-refractivity contribution < 1.29 is 17.9 Å². The van der Waals surface area contributed by atoms with Gasteiger partial charge in [0.05, 0.1) is 23.8 Å². The Labute approximate surface area is 158 Å². The van der Waals surface area contributed by atoms with E-state index in [-0.39, 0.29) is 9.80 Å². The van der Waals surface area contributed by atoms with E-state index in [1.165, 1.54) is 11.1 Å². The number of rotatable bonds is 2. The molecule has 7 heteroatoms. The van der Waals surface area contributed by atoms with Gasteiger partial charge in [-0.05, 0) is 31.2 Å². The SMILES string of the molecule is Cc1ccc(N2C=C(C(=O)N3CCOCC3)S(=O)(=O)c3ccccc32)cc1. The van der Waals surface area contributed by atoms with Crippen molar-refractivity contribution in [1.82, 2.24) is 4.90 Å². The van der Waals surface area contributed by atoms with Crippen LogP contribution >= 0.6 is 0 Å². The van der Waals surface area contributed by atoms with Crippen LogP contribution in [0.2, 0.25) is 0 Å². The minimum Gasteiger partial charge on any atom is -0.378 e. The zero-order valence-electron chi connectivity index (χ0n) is 15.0. The summed E-state index contributed by atoms with van der Waals surface area (Å²) in [6, 6.07) is 14.5. The van der Waals surface area contributed by atoms with Crippen LogP contribution in [0, 0.1) is 6.92 Å². The summed E-state index contributed by atoms with van der Waals surface area (Å²) >= 11 is 0. The predicted octanol–water partition coefficient (Wildman–Crippen LogP) is 2.62. The lowest BCUT2D eigenvalue weighted by Gasteiger charge is -2.32. The molecule has 2 aromatic rings. The van der Waals surface area contributed by atoms with Gasteiger partial charge in [0.2, 0.25) is 9.84 Å². The fraction of sp³-hybridized carbons (Fsp3) is 0.250. The van der Waals surface area contributed by atoms with Gasteiger partial charge in [-0.25, -0.2) is 8.42 Å². The Balaban J connectivity index is 1.84. The van der Waals surface area contributed by atoms with Crippen molar-refractivity contribution in [2.24, 2.45) is 0 Å². The second-order valence-electron chi connectivity index (χ2n) is 6.57. The molecule has 0 N–H and O–H groups in total. The van der Waals surface area contributed by atoms with E-state index in [1.807, 2.05) is 31.2 Å². The molecule has 0 spiro atoms. The van der Waals surface area contributed by atoms with Crippen LogP contribution in [0.5, 0.6) is 0 Å². The van der Waals surface area contributed by atoms with Crippen LogP contribution in [0.4, 0.5) is 11.4 Å². The van der Waals surface area contributed by atoms with Crippen LogP contribution in [0.3, 0.4) is 0 Å². The van der Waals surface area contributed by atoms with Gasteiger partial charge in [-0.15, -0.1) is 0 Å². The Morgan fingerprint density at radius 3 is 2.37 bits per heavy atom. The summed E-state index contributed by atoms with van der Waals surface area (Å²) in [5.74, 6) is -0.482. The number of ether oxygens (including phenoxy) is 1. The highest BCUT2D eigenvalue weighted by molar-refractivity contribution is 7.96. The predicted molar refractivity (Wildman–Crippen MR) is 102 cm³/mol. The summed E-state index contributed by atoms with van der Waals surface area (Å²) in [5.41, 5.74) is 2.44. The molecule has 140 valence electrons. The normalized spacial score (nSPS) is 18.6. The molecule has 4 rings (SSSR count). The maximum Gasteiger partial charge on any atom is 0.267 e. The molecule has 2 heterocycles. The Kier molecular flexibility index (Phi) is 4.49. The largest absolute Gasteiger partial charge is 0.378 e. The van der Waals surface area contributed by atoms with Crippen molar-refractivity contribution in [3.63, 3.8) is 0 Å². The minimum absolute atomic E-state index is 0.143. The van der Waals surface area contributed by atoms with Crippen molar-refractivity contribution in [2.75, 3.05) is 31.2 Å². The molecule has 1 saturated heterocycles. The molecule has 2 aromatic carbocycles. The number of amides is 1. The number of morpholine rings is 1. The molecule has 27 heavy (non-hydrogen) atoms. The Hall–Kier alpha value is -2.64. The molecule has 0 unspecified atom stereocenters. The van der Waals surface area contributed by atoms with Gasteiger partial charge in [0.1, 0.15) is 0 Å². The van der Waals surface area contributed by atoms with Crippen LogP contribution in [-0.4, -0.2) is 45.5 Å². The van der Waals surface area contributed by atoms with E-state index in [2.05, 4.69) is 0 Å². The van der Waals surface area contributed by atoms with Crippen molar-refractivity contribution >= 4 is 27.1 Å². The molecule has 0 atom stereocenters. The number of carbonyl (C=O) groups excluding carboxylic acids is 1. The lowest BCUT2D eigenvalue weighted by molar-refractivity contribution is -0.130. The maximum absolute atomic E-state index is 13.1. The lowest BCUT2D eigenvalue weighted by Crippen LogP contribution is -2.43. The number of benzene rings is 2. The van der Waals surface area contributed by atoms with E-state index < -0.39 is 15.7 Å². The van der Waals surface area contributed by atoms with Gasteiger partial charge in [-0.2, -0.15) is 0 Å². The van der Waals surface area contributed by atoms with Crippen molar-refractivity contribution in [1.29, 1.82) is 0 Å². The number of aryl methyl sites for hydroxylation is 1. The fourth-order valence-electron chi connectivity index (χ4n) is 3.27. The second kappa shape index (κ2) is 6.83. The van der Waals surface area contributed by atoms with Crippen molar-refractivity contribution in [2.45, 2.75) is 11.8 Å². The third kappa shape index (κ3) is 3.13. The zero-order valence-corrected chi connectivity index (χ0v) is 15.8. The molecule has 0 bridgehead atoms. The van der Waals surface area contributed by atoms with E-state index >= 15 is 0 Å². The number of hydrogen-bond acceptors (Lipinski definition) is 5. The first-order valence-electron chi connectivity index (χ1n) is 8.77. The number of carbonyl (C=O) groups is 1. The highest BCUT2D eigenvalue weighted by atomic mass is 32.2. The average Bonchev–Trinajstić information content (AvgIpc) is 2.69. The van der Waals surface area contributed by atoms with Crippen LogP contribution in [0.15, 0.2) is 64.5 Å². The Morgan fingerprint density at radius 2 is 1.67 bits per heavy atom. The third-order valence-corrected chi connectivity index (χ3v) is 6.55. The topological polar surface area (TPSA) is 66.9 Å². The number of anilines is 2. The molecule has 2 aliphatic rings. The zero-order chi connectivity index (χ0) is 19.0. The van der Waals surface area contributed by atoms with Crippen LogP contribution in [-0.2, 0) is 19.4 Å². The van der Waals surface area contributed by atoms with E-state index in [4.69, 9.17) is 4.74 Å². The summed E-state index contributed by atoms with van der Waals surface area (Å²) in [5, 5.41) is 0. The van der Waals surface area contributed by atoms with Gasteiger partial charge in [0.25, 0.3) is 5.91 Å². The fourth-order valence-corrected chi connectivity index (χ4v) is 4.81. The molecule has 1 fully saturated rings. The van der Waals surface area contributed by atoms with Gasteiger partial charge in [0, 0.05) is 25.0 Å². The minimum atomic E-state index is -3.89. The highest BCUT2D eigenvalue weighted by Crippen LogP contribution is 2.39. The molecule has 6 nitrogen and oxygen atoms in total. The summed E-state index contributed by atoms with van der Waals surface area (Å²) in [7, 11) is -3.89. The van der Waals surface area contributed by atoms with Crippen LogP contribution in [0.25, 0.3) is 0 Å². The Morgan fingerprint density at radius 1 is 1.00 bits per heavy atom. The molecule has 0 aliphatic carbocycles. The van der Waals surface area contributed by atoms with E-state index in [9.17, 15) is 13.2 Å². The van der Waals surface area contributed by atoms with Crippen molar-refractivity contribution in [3.8, 4) is 0 Å². The smallest absolute Gasteiger partial charge is 0.267 e. The second-order valence-corrected chi connectivity index (χ2v) is 8.46. The number of sulfone groups is 1. The first-order valence-corrected chi connectivity index (χ1v) is 10.3. The first-order chi connectivity index (χ1) is 13.0. The van der Waals surface area contributed by atoms with Crippen LogP contribution < -0.4 is 4.90 Å². The van der Waals surface area contributed by atoms with Crippen LogP contribution in [0.1, 0.15) is 5.56 Å². The summed E-state index contributed by atoms with van der Waals surface area (Å²) in [6.45, 7) is 3.59. The average molecular weight is 384 g/mol. The standard InChI is InChI=1S/C20H20N2O4S/c1-15-6-8-16(9-7-15)22-14-19(20(23)21-10-12-26-13-11-21)27(24,25)18-5-3-2-4-17(18)22/h2-9,14H,10-13H2,1H3. The molecular formula is C20H20N2O4S. The monoisotopic (exact) mass is 384 g/mol. The highest BCUT2D eigenvalue weighted by Gasteiger charge is 2.37. The molecule has 2 aliphatic heterocycles. The maximum atomic E-state index is 13.1. The first kappa shape index (κ1) is 17.8. The van der Waals surface area contributed by atoms with Gasteiger partial charge in [-0.3, -0.25) is 4.79 Å². The summed E-state index contributed by atoms with van der Waals surface area (Å²) in [4.78, 5) is 16.2. The van der Waals surface area contributed by atoms with Gasteiger partial charge in [-0.1, -0.05) is 29.8 Å². The summed E-state index contributed by atoms with van der Waals surface area (Å²) in [6.07, 6.45) is 1.44. The number of fused-ring (bicyclic) bond motifs is 1. The molecule has 0 saturated carbocycles. The van der Waals surface area contributed by atoms with Crippen molar-refractivity contribution in [3.05, 3.63) is 65.2 Å². The number of para-hydroxylation sites is 1. The van der Waals surface area contributed by atoms with E-state index in [0.717, 1.165) is 11.3 Å². The molecule has 1 amide bonds. The molecule has 0 aromatic heterocycles. The molecular weight excluding hydrogens is 364 g/mol. The Bertz CT molecular complexity index is 1010. The summed E-state index contributed by atoms with van der Waals surface area (Å²) < 4.78 is 31.6. The third-order valence-electron chi connectivity index (χ3n) is 4.77. The van der Waals surface area contributed by atoms with E-state index in [0.29, 0.717) is 32.0 Å². The van der Waals surface area contributed by atoms with E-state index in [1.54, 1.807) is 29.2 Å². The van der Waals surface area contributed by atoms with Gasteiger partial charge >= 0.3 is 0 Å². The quantitative estimate of drug-likeness (QED) is 0.796. The van der Waals surface area contributed by atoms with Gasteiger partial charge in [0.15, 0.2) is 4.91 Å². The molecule has 0 radical (unpaired) electrons. The lowest BCUT2D eigenvalue weighted by atomic mass is 10.2. The number of nitrogens with zero attached hydrogens (tertiary/aromatic N) is 2. The number of hydrogen-bond donors (Lipinski definition) is 0. The van der Waals surface area contributed by atoms with Gasteiger partial charge < -0.3 is 14.5 Å².